The first-order chi connectivity index (χ1) is 35.7. The van der Waals surface area contributed by atoms with E-state index >= 15 is 0 Å². The van der Waals surface area contributed by atoms with Crippen LogP contribution >= 0.6 is 0 Å². The second-order valence-electron chi connectivity index (χ2n) is 18.4. The molecule has 13 rings (SSSR count). The largest absolute Gasteiger partial charge is 0.455 e. The van der Waals surface area contributed by atoms with Crippen LogP contribution in [0.3, 0.4) is 0 Å². The Balaban J connectivity index is 0.933. The highest BCUT2D eigenvalue weighted by Gasteiger charge is 2.23. The molecule has 0 aliphatic carbocycles. The average molecular weight is 918 g/mol. The van der Waals surface area contributed by atoms with Crippen molar-refractivity contribution in [3.05, 3.63) is 285 Å². The predicted octanol–water partition coefficient (Wildman–Crippen LogP) is 19.9. The highest BCUT2D eigenvalue weighted by atomic mass is 16.3. The molecule has 72 heavy (non-hydrogen) atoms. The second-order valence-corrected chi connectivity index (χ2v) is 18.4. The Morgan fingerprint density at radius 2 is 0.708 bits per heavy atom. The predicted molar refractivity (Wildman–Crippen MR) is 304 cm³/mol. The minimum atomic E-state index is 0.859. The molecule has 0 radical (unpaired) electrons. The third kappa shape index (κ3) is 7.92. The van der Waals surface area contributed by atoms with Crippen LogP contribution in [0, 0.1) is 0 Å². The molecule has 13 aromatic rings. The van der Waals surface area contributed by atoms with Crippen LogP contribution in [-0.4, -0.2) is 0 Å². The molecule has 0 fully saturated rings. The lowest BCUT2D eigenvalue weighted by molar-refractivity contribution is 0.670. The summed E-state index contributed by atoms with van der Waals surface area (Å²) in [6.07, 6.45) is 0. The van der Waals surface area contributed by atoms with Crippen molar-refractivity contribution in [1.82, 2.24) is 0 Å². The summed E-state index contributed by atoms with van der Waals surface area (Å²) in [6.45, 7) is 0. The molecular weight excluding hydrogens is 871 g/mol. The topological polar surface area (TPSA) is 16.4 Å². The molecule has 0 spiro atoms. The van der Waals surface area contributed by atoms with Gasteiger partial charge in [-0.3, -0.25) is 0 Å². The summed E-state index contributed by atoms with van der Waals surface area (Å²) in [4.78, 5) is 2.39. The number of nitrogens with zero attached hydrogens (tertiary/aromatic N) is 1. The van der Waals surface area contributed by atoms with Gasteiger partial charge >= 0.3 is 0 Å². The van der Waals surface area contributed by atoms with Crippen LogP contribution in [-0.2, 0) is 0 Å². The third-order valence-electron chi connectivity index (χ3n) is 14.1. The van der Waals surface area contributed by atoms with Gasteiger partial charge in [0.25, 0.3) is 0 Å². The van der Waals surface area contributed by atoms with E-state index < -0.39 is 0 Å². The zero-order valence-electron chi connectivity index (χ0n) is 39.5. The number of hydrogen-bond acceptors (Lipinski definition) is 2. The third-order valence-corrected chi connectivity index (χ3v) is 14.1. The van der Waals surface area contributed by atoms with Gasteiger partial charge in [-0.05, 0) is 144 Å². The van der Waals surface area contributed by atoms with Gasteiger partial charge < -0.3 is 9.32 Å². The van der Waals surface area contributed by atoms with Crippen LogP contribution in [0.25, 0.3) is 111 Å². The lowest BCUT2D eigenvalue weighted by Gasteiger charge is -2.27. The maximum atomic E-state index is 6.83. The number of benzene rings is 12. The Bertz CT molecular complexity index is 4060. The van der Waals surface area contributed by atoms with E-state index in [1.165, 1.54) is 66.4 Å². The van der Waals surface area contributed by atoms with Gasteiger partial charge in [-0.1, -0.05) is 224 Å². The summed E-state index contributed by atoms with van der Waals surface area (Å²) in [6, 6.07) is 103. The van der Waals surface area contributed by atoms with E-state index in [2.05, 4.69) is 290 Å². The van der Waals surface area contributed by atoms with Gasteiger partial charge in [-0.25, -0.2) is 0 Å². The van der Waals surface area contributed by atoms with E-state index in [9.17, 15) is 0 Å². The maximum Gasteiger partial charge on any atom is 0.145 e. The van der Waals surface area contributed by atoms with E-state index in [-0.39, 0.29) is 0 Å². The number of anilines is 3. The molecule has 0 atom stereocenters. The summed E-state index contributed by atoms with van der Waals surface area (Å²) in [7, 11) is 0. The minimum absolute atomic E-state index is 0.859. The van der Waals surface area contributed by atoms with Gasteiger partial charge in [0.1, 0.15) is 11.2 Å². The summed E-state index contributed by atoms with van der Waals surface area (Å²) in [5.41, 5.74) is 21.2. The molecular formula is C70H47NO. The number of hydrogen-bond donors (Lipinski definition) is 0. The minimum Gasteiger partial charge on any atom is -0.455 e. The Morgan fingerprint density at radius 1 is 0.250 bits per heavy atom. The smallest absolute Gasteiger partial charge is 0.145 e. The molecule has 0 aliphatic rings. The molecule has 1 aromatic heterocycles. The van der Waals surface area contributed by atoms with Crippen molar-refractivity contribution < 1.29 is 4.42 Å². The monoisotopic (exact) mass is 917 g/mol. The summed E-state index contributed by atoms with van der Waals surface area (Å²) < 4.78 is 6.83. The molecule has 2 nitrogen and oxygen atoms in total. The van der Waals surface area contributed by atoms with Crippen molar-refractivity contribution in [2.45, 2.75) is 0 Å². The van der Waals surface area contributed by atoms with E-state index in [1.54, 1.807) is 0 Å². The number of para-hydroxylation sites is 1. The van der Waals surface area contributed by atoms with Crippen molar-refractivity contribution in [1.29, 1.82) is 0 Å². The lowest BCUT2D eigenvalue weighted by atomic mass is 9.87. The van der Waals surface area contributed by atoms with Crippen molar-refractivity contribution >= 4 is 49.8 Å². The molecule has 0 N–H and O–H groups in total. The van der Waals surface area contributed by atoms with Gasteiger partial charge in [-0.2, -0.15) is 0 Å². The first-order valence-corrected chi connectivity index (χ1v) is 24.6. The highest BCUT2D eigenvalue weighted by molar-refractivity contribution is 6.17. The van der Waals surface area contributed by atoms with Crippen molar-refractivity contribution in [3.63, 3.8) is 0 Å². The van der Waals surface area contributed by atoms with Gasteiger partial charge in [0, 0.05) is 22.3 Å². The Kier molecular flexibility index (Phi) is 10.9. The zero-order valence-corrected chi connectivity index (χ0v) is 39.5. The van der Waals surface area contributed by atoms with Crippen molar-refractivity contribution in [2.75, 3.05) is 4.90 Å². The number of rotatable bonds is 10. The normalized spacial score (nSPS) is 11.3. The number of furan rings is 1. The molecule has 0 saturated heterocycles. The van der Waals surface area contributed by atoms with Crippen molar-refractivity contribution in [3.8, 4) is 77.9 Å². The Hall–Kier alpha value is -9.50. The fourth-order valence-electron chi connectivity index (χ4n) is 10.5. The van der Waals surface area contributed by atoms with Crippen LogP contribution in [0.2, 0.25) is 0 Å². The maximum absolute atomic E-state index is 6.83. The van der Waals surface area contributed by atoms with E-state index in [1.807, 2.05) is 0 Å². The van der Waals surface area contributed by atoms with Crippen LogP contribution in [0.5, 0.6) is 0 Å². The fourth-order valence-corrected chi connectivity index (χ4v) is 10.5. The lowest BCUT2D eigenvalue weighted by Crippen LogP contribution is -2.10. The Labute approximate surface area is 420 Å². The van der Waals surface area contributed by atoms with E-state index in [0.29, 0.717) is 0 Å². The Morgan fingerprint density at radius 3 is 1.43 bits per heavy atom. The molecule has 1 heterocycles. The SMILES string of the molecule is c1ccc(-c2ccc(-c3ccccc3-c3ccc(N(c4ccc(-c5cccc(-c6ccc7ccccc7c6)c5)cc4)c4ccc(-c5ccccc5)c5oc6ccccc6c45)cc3)c(-c3ccccc3)c2)cc1. The summed E-state index contributed by atoms with van der Waals surface area (Å²) >= 11 is 0. The van der Waals surface area contributed by atoms with E-state index in [0.717, 1.165) is 61.3 Å². The molecule has 2 heteroatoms. The van der Waals surface area contributed by atoms with Gasteiger partial charge in [0.2, 0.25) is 0 Å². The summed E-state index contributed by atoms with van der Waals surface area (Å²) in [5.74, 6) is 0. The zero-order chi connectivity index (χ0) is 47.8. The molecule has 0 aliphatic heterocycles. The molecule has 12 aromatic carbocycles. The molecule has 0 amide bonds. The molecule has 0 unspecified atom stereocenters. The average Bonchev–Trinajstić information content (AvgIpc) is 3.86. The quantitative estimate of drug-likeness (QED) is 0.136. The van der Waals surface area contributed by atoms with Crippen molar-refractivity contribution in [2.24, 2.45) is 0 Å². The standard InChI is InChI=1S/C70H47NO/c1-4-17-48(18-5-1)58-37-42-64(66(47-58)52-22-8-3-9-23-52)63-28-13-12-27-61(63)53-35-40-60(41-36-53)71(67-44-43-62(51-20-6-2-7-21-51)70-69(67)65-29-14-15-30-68(65)72-70)59-38-33-50(34-39-59)55-25-16-26-56(45-55)57-32-31-49-19-10-11-24-54(49)46-57/h1-47H. The van der Waals surface area contributed by atoms with Gasteiger partial charge in [0.15, 0.2) is 0 Å². The second kappa shape index (κ2) is 18.4. The van der Waals surface area contributed by atoms with Crippen LogP contribution < -0.4 is 4.90 Å². The van der Waals surface area contributed by atoms with Crippen LogP contribution in [0.1, 0.15) is 0 Å². The summed E-state index contributed by atoms with van der Waals surface area (Å²) in [5, 5.41) is 4.63. The molecule has 0 bridgehead atoms. The first-order valence-electron chi connectivity index (χ1n) is 24.6. The van der Waals surface area contributed by atoms with Gasteiger partial charge in [-0.15, -0.1) is 0 Å². The first kappa shape index (κ1) is 42.6. The fraction of sp³-hybridized carbons (Fsp3) is 0. The number of fused-ring (bicyclic) bond motifs is 4. The van der Waals surface area contributed by atoms with Gasteiger partial charge in [0.05, 0.1) is 11.1 Å². The van der Waals surface area contributed by atoms with Crippen LogP contribution in [0.4, 0.5) is 17.1 Å². The molecule has 0 saturated carbocycles. The molecule has 338 valence electrons. The van der Waals surface area contributed by atoms with Crippen LogP contribution in [0.15, 0.2) is 290 Å². The van der Waals surface area contributed by atoms with E-state index in [4.69, 9.17) is 4.42 Å². The highest BCUT2D eigenvalue weighted by Crippen LogP contribution is 2.47.